The van der Waals surface area contributed by atoms with Gasteiger partial charge in [-0.3, -0.25) is 19.2 Å². The molecule has 0 aromatic rings. The predicted octanol–water partition coefficient (Wildman–Crippen LogP) is 7.46. The number of hydrogen-bond acceptors (Lipinski definition) is 12. The highest BCUT2D eigenvalue weighted by molar-refractivity contribution is 6.39. The maximum absolute atomic E-state index is 14.4. The number of piperidine rings is 1. The lowest BCUT2D eigenvalue weighted by Crippen LogP contribution is -2.61. The number of hydrogen-bond donors (Lipinski definition) is 2. The Hall–Kier alpha value is -3.33. The number of ketones is 3. The Morgan fingerprint density at radius 1 is 0.846 bits per heavy atom. The third kappa shape index (κ3) is 14.3. The van der Waals surface area contributed by atoms with E-state index in [1.54, 1.807) is 41.1 Å². The van der Waals surface area contributed by atoms with Gasteiger partial charge in [-0.1, -0.05) is 78.0 Å². The molecule has 3 aliphatic heterocycles. The van der Waals surface area contributed by atoms with Crippen molar-refractivity contribution in [3.63, 3.8) is 0 Å². The molecule has 4 rings (SSSR count). The Bertz CT molecular complexity index is 1750. The summed E-state index contributed by atoms with van der Waals surface area (Å²) in [4.78, 5) is 71.9. The highest BCUT2D eigenvalue weighted by Crippen LogP contribution is 2.38. The van der Waals surface area contributed by atoms with E-state index in [2.05, 4.69) is 6.92 Å². The Labute approximate surface area is 388 Å². The van der Waals surface area contributed by atoms with Crippen molar-refractivity contribution < 1.29 is 57.9 Å². The van der Waals surface area contributed by atoms with Gasteiger partial charge in [0.25, 0.3) is 11.7 Å². The molecule has 0 spiro atoms. The third-order valence-corrected chi connectivity index (χ3v) is 14.8. The molecule has 4 aliphatic rings. The molecular weight excluding hydrogens is 831 g/mol. The highest BCUT2D eigenvalue weighted by atomic mass is 16.6. The second-order valence-electron chi connectivity index (χ2n) is 20.0. The summed E-state index contributed by atoms with van der Waals surface area (Å²) in [6.07, 6.45) is 13.6. The van der Waals surface area contributed by atoms with Crippen LogP contribution < -0.4 is 0 Å². The number of amides is 1. The summed E-state index contributed by atoms with van der Waals surface area (Å²) in [5, 5.41) is 23.4. The van der Waals surface area contributed by atoms with Gasteiger partial charge in [0.05, 0.1) is 18.3 Å². The summed E-state index contributed by atoms with van der Waals surface area (Å²) in [6, 6.07) is -1.11. The number of fused-ring (bicyclic) bond motifs is 3. The molecule has 3 fully saturated rings. The highest BCUT2D eigenvalue weighted by Gasteiger charge is 2.53. The molecule has 13 heteroatoms. The Balaban J connectivity index is 1.70. The largest absolute Gasteiger partial charge is 0.460 e. The van der Waals surface area contributed by atoms with Gasteiger partial charge < -0.3 is 38.8 Å². The van der Waals surface area contributed by atoms with Crippen molar-refractivity contribution in [3.8, 4) is 0 Å². The van der Waals surface area contributed by atoms with E-state index < -0.39 is 77.8 Å². The van der Waals surface area contributed by atoms with Crippen molar-refractivity contribution >= 4 is 29.2 Å². The Morgan fingerprint density at radius 3 is 2.25 bits per heavy atom. The molecular formula is C52H81NO12. The predicted molar refractivity (Wildman–Crippen MR) is 248 cm³/mol. The maximum Gasteiger partial charge on any atom is 0.329 e. The second-order valence-corrected chi connectivity index (χ2v) is 20.0. The molecule has 2 bridgehead atoms. The number of cyclic esters (lactones) is 1. The van der Waals surface area contributed by atoms with Crippen LogP contribution in [0.5, 0.6) is 0 Å². The Morgan fingerprint density at radius 2 is 1.57 bits per heavy atom. The monoisotopic (exact) mass is 912 g/mol. The molecule has 1 saturated carbocycles. The lowest BCUT2D eigenvalue weighted by Gasteiger charge is -2.42. The van der Waals surface area contributed by atoms with Crippen LogP contribution in [0.4, 0.5) is 0 Å². The van der Waals surface area contributed by atoms with Gasteiger partial charge in [0.2, 0.25) is 5.79 Å². The molecule has 1 aliphatic carbocycles. The first-order valence-electron chi connectivity index (χ1n) is 24.2. The smallest absolute Gasteiger partial charge is 0.329 e. The first kappa shape index (κ1) is 54.3. The molecule has 366 valence electrons. The van der Waals surface area contributed by atoms with Gasteiger partial charge in [-0.2, -0.15) is 0 Å². The number of carbonyl (C=O) groups excluding carboxylic acids is 5. The molecule has 15 unspecified atom stereocenters. The number of allylic oxidation sites excluding steroid dienone is 6. The fourth-order valence-corrected chi connectivity index (χ4v) is 10.4. The minimum Gasteiger partial charge on any atom is -0.460 e. The van der Waals surface area contributed by atoms with E-state index in [0.29, 0.717) is 56.4 Å². The van der Waals surface area contributed by atoms with Gasteiger partial charge in [0.1, 0.15) is 30.1 Å². The molecule has 2 N–H and O–H groups in total. The van der Waals surface area contributed by atoms with E-state index in [1.165, 1.54) is 12.0 Å². The van der Waals surface area contributed by atoms with Crippen LogP contribution in [0, 0.1) is 41.4 Å². The molecule has 2 saturated heterocycles. The summed E-state index contributed by atoms with van der Waals surface area (Å²) < 4.78 is 29.7. The first-order valence-corrected chi connectivity index (χ1v) is 24.2. The number of esters is 1. The average molecular weight is 912 g/mol. The van der Waals surface area contributed by atoms with Crippen molar-refractivity contribution in [2.45, 2.75) is 181 Å². The average Bonchev–Trinajstić information content (AvgIpc) is 3.28. The van der Waals surface area contributed by atoms with Crippen LogP contribution in [0.3, 0.4) is 0 Å². The number of Topliss-reactive ketones (excluding diaryl/α,β-unsaturated/α-hetero) is 3. The van der Waals surface area contributed by atoms with Gasteiger partial charge in [0, 0.05) is 58.5 Å². The summed E-state index contributed by atoms with van der Waals surface area (Å²) >= 11 is 0. The van der Waals surface area contributed by atoms with Crippen LogP contribution in [0.1, 0.15) is 132 Å². The Kier molecular flexibility index (Phi) is 21.0. The zero-order chi connectivity index (χ0) is 48.2. The lowest BCUT2D eigenvalue weighted by molar-refractivity contribution is -0.265. The van der Waals surface area contributed by atoms with Crippen LogP contribution >= 0.6 is 0 Å². The minimum atomic E-state index is -2.41. The standard InChI is InChI=1S/C52H81NO12/c1-31-17-13-12-14-18-32(2)44(62-10)29-40-23-21-38(8)52(60,65-40)49(57)50(58)53-24-16-15-19-41(53)51(59)64-45(35(5)27-39-22-20-33(3)43(28-39)61-9)30-42(54)34(4)26-37(7)47(56)48(63-11)46(55)36(6)25-31/h12-14,17-18,26,31,33-36,38-41,43-45,47-48,56,60H,15-16,19-25,27-30H2,1-11H3/b14-12?,17-13-,32-18?,37-26+. The lowest BCUT2D eigenvalue weighted by atomic mass is 9.76. The summed E-state index contributed by atoms with van der Waals surface area (Å²) in [5.74, 6) is -7.07. The molecule has 0 radical (unpaired) electrons. The zero-order valence-electron chi connectivity index (χ0n) is 41.2. The van der Waals surface area contributed by atoms with E-state index in [0.717, 1.165) is 24.8 Å². The number of nitrogens with zero attached hydrogens (tertiary/aromatic N) is 1. The van der Waals surface area contributed by atoms with Crippen LogP contribution in [0.15, 0.2) is 47.6 Å². The van der Waals surface area contributed by atoms with Crippen molar-refractivity contribution in [1.29, 1.82) is 0 Å². The summed E-state index contributed by atoms with van der Waals surface area (Å²) in [7, 11) is 4.70. The third-order valence-electron chi connectivity index (χ3n) is 14.8. The van der Waals surface area contributed by atoms with Crippen molar-refractivity contribution in [1.82, 2.24) is 4.90 Å². The minimum absolute atomic E-state index is 0.0304. The number of aliphatic hydroxyl groups excluding tert-OH is 1. The van der Waals surface area contributed by atoms with Gasteiger partial charge in [0.15, 0.2) is 5.78 Å². The van der Waals surface area contributed by atoms with Crippen molar-refractivity contribution in [2.24, 2.45) is 41.4 Å². The molecule has 65 heavy (non-hydrogen) atoms. The fraction of sp³-hybridized carbons (Fsp3) is 0.750. The SMILES string of the molecule is COC1CC2CCC(C)C(O)(O2)C(=O)C(=O)N2CCCCC2C(=O)OC(C(C)CC2CCC(C)C(OC)C2)CC(=O)C(C)/C=C(\C)C(O)C(OC)C(=O)C(C)CC(C)/C=C\C=CC=C1C. The van der Waals surface area contributed by atoms with Crippen molar-refractivity contribution in [3.05, 3.63) is 47.6 Å². The van der Waals surface area contributed by atoms with Crippen LogP contribution in [0.25, 0.3) is 0 Å². The normalized spacial score (nSPS) is 39.1. The van der Waals surface area contributed by atoms with E-state index in [1.807, 2.05) is 58.1 Å². The van der Waals surface area contributed by atoms with Gasteiger partial charge in [-0.25, -0.2) is 4.79 Å². The first-order chi connectivity index (χ1) is 30.7. The molecule has 1 amide bonds. The van der Waals surface area contributed by atoms with Crippen LogP contribution in [-0.2, 0) is 47.7 Å². The van der Waals surface area contributed by atoms with Crippen molar-refractivity contribution in [2.75, 3.05) is 27.9 Å². The molecule has 13 nitrogen and oxygen atoms in total. The topological polar surface area (TPSA) is 175 Å². The fourth-order valence-electron chi connectivity index (χ4n) is 10.4. The number of rotatable bonds is 6. The van der Waals surface area contributed by atoms with Crippen LogP contribution in [-0.4, -0.2) is 121 Å². The number of ether oxygens (including phenoxy) is 5. The summed E-state index contributed by atoms with van der Waals surface area (Å²) in [6.45, 7) is 15.1. The van der Waals surface area contributed by atoms with Crippen LogP contribution in [0.2, 0.25) is 0 Å². The van der Waals surface area contributed by atoms with E-state index in [9.17, 15) is 34.2 Å². The maximum atomic E-state index is 14.4. The van der Waals surface area contributed by atoms with E-state index in [4.69, 9.17) is 23.7 Å². The number of carbonyl (C=O) groups is 5. The zero-order valence-corrected chi connectivity index (χ0v) is 41.2. The molecule has 15 atom stereocenters. The van der Waals surface area contributed by atoms with E-state index in [-0.39, 0.29) is 54.8 Å². The van der Waals surface area contributed by atoms with Gasteiger partial charge in [-0.05, 0) is 113 Å². The van der Waals surface area contributed by atoms with Gasteiger partial charge >= 0.3 is 5.97 Å². The van der Waals surface area contributed by atoms with E-state index >= 15 is 0 Å². The second kappa shape index (κ2) is 25.2. The van der Waals surface area contributed by atoms with Gasteiger partial charge in [-0.15, -0.1) is 0 Å². The molecule has 3 heterocycles. The molecule has 0 aromatic carbocycles. The number of methoxy groups -OCH3 is 3. The number of aliphatic hydroxyl groups is 2. The quantitative estimate of drug-likeness (QED) is 0.153. The molecule has 0 aromatic heterocycles. The summed E-state index contributed by atoms with van der Waals surface area (Å²) in [5.41, 5.74) is 1.30.